The van der Waals surface area contributed by atoms with Crippen LogP contribution in [-0.2, 0) is 6.54 Å². The van der Waals surface area contributed by atoms with Crippen molar-refractivity contribution < 1.29 is 4.42 Å². The van der Waals surface area contributed by atoms with Gasteiger partial charge in [0.1, 0.15) is 11.3 Å². The number of benzene rings is 1. The normalized spacial score (nSPS) is 11.5. The standard InChI is InChI=1S/C13H17BrN2O/c1-2-16(7-6-15)9-11-8-10-4-3-5-12(14)13(10)17-11/h3-5,8H,2,6-7,9,15H2,1H3. The van der Waals surface area contributed by atoms with E-state index in [1.807, 2.05) is 12.1 Å². The molecule has 2 aromatic rings. The van der Waals surface area contributed by atoms with Crippen LogP contribution in [0.4, 0.5) is 0 Å². The van der Waals surface area contributed by atoms with Crippen molar-refractivity contribution in [2.24, 2.45) is 5.73 Å². The zero-order chi connectivity index (χ0) is 12.3. The summed E-state index contributed by atoms with van der Waals surface area (Å²) in [5, 5.41) is 1.14. The second kappa shape index (κ2) is 5.67. The molecule has 0 bridgehead atoms. The zero-order valence-corrected chi connectivity index (χ0v) is 11.5. The van der Waals surface area contributed by atoms with Crippen LogP contribution in [0, 0.1) is 0 Å². The number of hydrogen-bond donors (Lipinski definition) is 1. The average molecular weight is 297 g/mol. The molecule has 0 fully saturated rings. The molecule has 0 spiro atoms. The van der Waals surface area contributed by atoms with Crippen molar-refractivity contribution in [3.05, 3.63) is 34.5 Å². The van der Waals surface area contributed by atoms with Gasteiger partial charge in [-0.2, -0.15) is 0 Å². The molecule has 0 saturated heterocycles. The number of hydrogen-bond acceptors (Lipinski definition) is 3. The quantitative estimate of drug-likeness (QED) is 0.922. The van der Waals surface area contributed by atoms with Crippen LogP contribution >= 0.6 is 15.9 Å². The molecule has 1 aromatic carbocycles. The molecule has 0 atom stereocenters. The molecule has 0 aliphatic rings. The first-order valence-electron chi connectivity index (χ1n) is 5.84. The number of likely N-dealkylation sites (N-methyl/N-ethyl adjacent to an activating group) is 1. The summed E-state index contributed by atoms with van der Waals surface area (Å²) < 4.78 is 6.85. The van der Waals surface area contributed by atoms with E-state index in [9.17, 15) is 0 Å². The molecule has 2 N–H and O–H groups in total. The van der Waals surface area contributed by atoms with Crippen molar-refractivity contribution in [3.63, 3.8) is 0 Å². The molecule has 92 valence electrons. The summed E-state index contributed by atoms with van der Waals surface area (Å²) in [5.41, 5.74) is 6.50. The van der Waals surface area contributed by atoms with Gasteiger partial charge in [0, 0.05) is 18.5 Å². The summed E-state index contributed by atoms with van der Waals surface area (Å²) >= 11 is 3.50. The Kier molecular flexibility index (Phi) is 4.20. The lowest BCUT2D eigenvalue weighted by molar-refractivity contribution is 0.265. The number of fused-ring (bicyclic) bond motifs is 1. The van der Waals surface area contributed by atoms with Crippen LogP contribution in [0.15, 0.2) is 33.2 Å². The molecule has 1 heterocycles. The lowest BCUT2D eigenvalue weighted by Gasteiger charge is -2.17. The predicted octanol–water partition coefficient (Wildman–Crippen LogP) is 2.98. The highest BCUT2D eigenvalue weighted by molar-refractivity contribution is 9.10. The van der Waals surface area contributed by atoms with Crippen LogP contribution in [0.3, 0.4) is 0 Å². The van der Waals surface area contributed by atoms with Gasteiger partial charge in [-0.05, 0) is 34.6 Å². The van der Waals surface area contributed by atoms with Crippen LogP contribution in [0.25, 0.3) is 11.0 Å². The van der Waals surface area contributed by atoms with Crippen molar-refractivity contribution in [1.82, 2.24) is 4.90 Å². The maximum atomic E-state index is 5.85. The Labute approximate surface area is 110 Å². The Hall–Kier alpha value is -0.840. The Morgan fingerprint density at radius 3 is 2.88 bits per heavy atom. The van der Waals surface area contributed by atoms with E-state index >= 15 is 0 Å². The fraction of sp³-hybridized carbons (Fsp3) is 0.385. The maximum Gasteiger partial charge on any atom is 0.148 e. The Morgan fingerprint density at radius 2 is 2.24 bits per heavy atom. The lowest BCUT2D eigenvalue weighted by atomic mass is 10.2. The third-order valence-corrected chi connectivity index (χ3v) is 3.44. The van der Waals surface area contributed by atoms with Crippen LogP contribution < -0.4 is 5.73 Å². The largest absolute Gasteiger partial charge is 0.459 e. The van der Waals surface area contributed by atoms with E-state index in [0.717, 1.165) is 40.8 Å². The number of furan rings is 1. The van der Waals surface area contributed by atoms with Crippen molar-refractivity contribution in [3.8, 4) is 0 Å². The van der Waals surface area contributed by atoms with Gasteiger partial charge in [0.05, 0.1) is 11.0 Å². The Bertz CT molecular complexity index is 495. The minimum absolute atomic E-state index is 0.678. The van der Waals surface area contributed by atoms with Crippen molar-refractivity contribution >= 4 is 26.9 Å². The average Bonchev–Trinajstić information content (AvgIpc) is 2.72. The minimum Gasteiger partial charge on any atom is -0.459 e. The molecule has 1 aromatic heterocycles. The molecular formula is C13H17BrN2O. The topological polar surface area (TPSA) is 42.4 Å². The van der Waals surface area contributed by atoms with E-state index in [-0.39, 0.29) is 0 Å². The summed E-state index contributed by atoms with van der Waals surface area (Å²) in [7, 11) is 0. The lowest BCUT2D eigenvalue weighted by Crippen LogP contribution is -2.28. The first-order chi connectivity index (χ1) is 8.24. The number of halogens is 1. The smallest absolute Gasteiger partial charge is 0.148 e. The molecule has 0 amide bonds. The fourth-order valence-electron chi connectivity index (χ4n) is 1.91. The van der Waals surface area contributed by atoms with Gasteiger partial charge in [-0.25, -0.2) is 0 Å². The summed E-state index contributed by atoms with van der Waals surface area (Å²) in [6, 6.07) is 8.17. The Balaban J connectivity index is 2.21. The Morgan fingerprint density at radius 1 is 1.41 bits per heavy atom. The van der Waals surface area contributed by atoms with Crippen LogP contribution in [0.1, 0.15) is 12.7 Å². The van der Waals surface area contributed by atoms with Gasteiger partial charge in [0.15, 0.2) is 0 Å². The van der Waals surface area contributed by atoms with Gasteiger partial charge in [-0.15, -0.1) is 0 Å². The van der Waals surface area contributed by atoms with E-state index in [0.29, 0.717) is 6.54 Å². The van der Waals surface area contributed by atoms with E-state index in [4.69, 9.17) is 10.2 Å². The summed E-state index contributed by atoms with van der Waals surface area (Å²) in [5.74, 6) is 0.988. The van der Waals surface area contributed by atoms with Crippen LogP contribution in [0.5, 0.6) is 0 Å². The fourth-order valence-corrected chi connectivity index (χ4v) is 2.37. The van der Waals surface area contributed by atoms with Gasteiger partial charge in [0.2, 0.25) is 0 Å². The molecule has 2 rings (SSSR count). The molecule has 0 saturated carbocycles. The second-order valence-electron chi connectivity index (χ2n) is 4.03. The molecule has 0 unspecified atom stereocenters. The summed E-state index contributed by atoms with van der Waals surface area (Å²) in [6.45, 7) is 5.50. The third-order valence-electron chi connectivity index (χ3n) is 2.82. The van der Waals surface area contributed by atoms with Gasteiger partial charge in [0.25, 0.3) is 0 Å². The number of nitrogens with zero attached hydrogens (tertiary/aromatic N) is 1. The highest BCUT2D eigenvalue weighted by Crippen LogP contribution is 2.27. The monoisotopic (exact) mass is 296 g/mol. The molecule has 0 radical (unpaired) electrons. The van der Waals surface area contributed by atoms with E-state index in [2.05, 4.69) is 39.9 Å². The predicted molar refractivity (Wildman–Crippen MR) is 73.9 cm³/mol. The van der Waals surface area contributed by atoms with E-state index < -0.39 is 0 Å². The molecule has 4 heteroatoms. The van der Waals surface area contributed by atoms with Crippen molar-refractivity contribution in [2.45, 2.75) is 13.5 Å². The van der Waals surface area contributed by atoms with E-state index in [1.165, 1.54) is 0 Å². The molecule has 17 heavy (non-hydrogen) atoms. The first kappa shape index (κ1) is 12.6. The molecule has 0 aliphatic heterocycles. The highest BCUT2D eigenvalue weighted by atomic mass is 79.9. The van der Waals surface area contributed by atoms with Gasteiger partial charge >= 0.3 is 0 Å². The van der Waals surface area contributed by atoms with E-state index in [1.54, 1.807) is 0 Å². The van der Waals surface area contributed by atoms with Gasteiger partial charge in [-0.3, -0.25) is 4.90 Å². The van der Waals surface area contributed by atoms with Gasteiger partial charge < -0.3 is 10.2 Å². The number of para-hydroxylation sites is 1. The zero-order valence-electron chi connectivity index (χ0n) is 9.95. The number of nitrogens with two attached hydrogens (primary N) is 1. The van der Waals surface area contributed by atoms with Crippen molar-refractivity contribution in [1.29, 1.82) is 0 Å². The first-order valence-corrected chi connectivity index (χ1v) is 6.63. The van der Waals surface area contributed by atoms with Gasteiger partial charge in [-0.1, -0.05) is 19.1 Å². The summed E-state index contributed by atoms with van der Waals surface area (Å²) in [6.07, 6.45) is 0. The molecule has 3 nitrogen and oxygen atoms in total. The highest BCUT2D eigenvalue weighted by Gasteiger charge is 2.09. The summed E-state index contributed by atoms with van der Waals surface area (Å²) in [4.78, 5) is 2.27. The second-order valence-corrected chi connectivity index (χ2v) is 4.88. The third kappa shape index (κ3) is 2.89. The number of rotatable bonds is 5. The van der Waals surface area contributed by atoms with Crippen molar-refractivity contribution in [2.75, 3.05) is 19.6 Å². The maximum absolute atomic E-state index is 5.85. The molecular weight excluding hydrogens is 280 g/mol. The molecule has 0 aliphatic carbocycles. The van der Waals surface area contributed by atoms with Crippen LogP contribution in [-0.4, -0.2) is 24.5 Å². The minimum atomic E-state index is 0.678. The van der Waals surface area contributed by atoms with Crippen LogP contribution in [0.2, 0.25) is 0 Å². The SMILES string of the molecule is CCN(CCN)Cc1cc2cccc(Br)c2o1.